The lowest BCUT2D eigenvalue weighted by molar-refractivity contribution is 0.0695. The quantitative estimate of drug-likeness (QED) is 0.399. The fraction of sp³-hybridized carbons (Fsp3) is 0. The number of aromatic nitrogens is 1. The van der Waals surface area contributed by atoms with Gasteiger partial charge in [-0.2, -0.15) is 12.8 Å². The van der Waals surface area contributed by atoms with Crippen molar-refractivity contribution in [3.05, 3.63) is 70.0 Å². The SMILES string of the molecule is O=C(O)c1cn2c3c(c(F)c(F)cc3c1=O)Oc1cc(S(=O)(=O)O)c3ccccc3c1-2. The number of hydrogen-bond donors (Lipinski definition) is 2. The Morgan fingerprint density at radius 3 is 2.39 bits per heavy atom. The standard InChI is InChI=1S/C20H9F2NO7S/c21-12-5-10-17-19(15(12)22)30-13-6-14(31(27,28)29)8-3-1-2-4-9(8)16(13)23(17)7-11(18(10)24)20(25)26/h1-7H,(H,25,26)(H,27,28,29). The minimum absolute atomic E-state index is 0.0714. The van der Waals surface area contributed by atoms with Gasteiger partial charge in [-0.25, -0.2) is 9.18 Å². The van der Waals surface area contributed by atoms with Gasteiger partial charge >= 0.3 is 5.97 Å². The minimum atomic E-state index is -4.74. The van der Waals surface area contributed by atoms with Gasteiger partial charge in [0.05, 0.1) is 11.1 Å². The Hall–Kier alpha value is -3.83. The van der Waals surface area contributed by atoms with E-state index in [0.29, 0.717) is 6.07 Å². The summed E-state index contributed by atoms with van der Waals surface area (Å²) in [5, 5.41) is 9.29. The van der Waals surface area contributed by atoms with Crippen molar-refractivity contribution in [1.82, 2.24) is 4.57 Å². The van der Waals surface area contributed by atoms with E-state index in [4.69, 9.17) is 4.74 Å². The summed E-state index contributed by atoms with van der Waals surface area (Å²) in [5.74, 6) is -5.49. The molecule has 0 unspecified atom stereocenters. The van der Waals surface area contributed by atoms with Crippen molar-refractivity contribution in [2.75, 3.05) is 0 Å². The van der Waals surface area contributed by atoms with E-state index in [-0.39, 0.29) is 27.7 Å². The highest BCUT2D eigenvalue weighted by Crippen LogP contribution is 2.46. The van der Waals surface area contributed by atoms with Crippen LogP contribution in [0, 0.1) is 11.6 Å². The van der Waals surface area contributed by atoms with Gasteiger partial charge in [0.15, 0.2) is 17.3 Å². The summed E-state index contributed by atoms with van der Waals surface area (Å²) in [6, 6.07) is 7.45. The van der Waals surface area contributed by atoms with Crippen molar-refractivity contribution in [2.45, 2.75) is 4.90 Å². The second kappa shape index (κ2) is 6.09. The fourth-order valence-corrected chi connectivity index (χ4v) is 4.49. The van der Waals surface area contributed by atoms with Crippen LogP contribution < -0.4 is 10.2 Å². The number of carboxylic acids is 1. The molecule has 1 aromatic heterocycles. The Bertz CT molecular complexity index is 1660. The Balaban J connectivity index is 2.07. The number of carbonyl (C=O) groups is 1. The molecule has 1 aliphatic heterocycles. The van der Waals surface area contributed by atoms with E-state index < -0.39 is 54.7 Å². The van der Waals surface area contributed by atoms with Crippen LogP contribution in [0.15, 0.2) is 52.3 Å². The van der Waals surface area contributed by atoms with Gasteiger partial charge in [0.1, 0.15) is 16.0 Å². The number of pyridine rings is 1. The van der Waals surface area contributed by atoms with Crippen LogP contribution in [0.5, 0.6) is 11.5 Å². The molecule has 2 heterocycles. The summed E-state index contributed by atoms with van der Waals surface area (Å²) in [5.41, 5.74) is -1.87. The van der Waals surface area contributed by atoms with Crippen molar-refractivity contribution in [3.8, 4) is 17.2 Å². The molecule has 0 fully saturated rings. The normalized spacial score (nSPS) is 12.6. The molecule has 0 saturated heterocycles. The van der Waals surface area contributed by atoms with E-state index in [1.165, 1.54) is 18.2 Å². The highest BCUT2D eigenvalue weighted by molar-refractivity contribution is 7.86. The Kier molecular flexibility index (Phi) is 3.76. The average Bonchev–Trinajstić information content (AvgIpc) is 2.71. The van der Waals surface area contributed by atoms with Gasteiger partial charge in [-0.05, 0) is 6.07 Å². The second-order valence-electron chi connectivity index (χ2n) is 6.79. The zero-order chi connectivity index (χ0) is 22.2. The Morgan fingerprint density at radius 1 is 1.06 bits per heavy atom. The number of nitrogens with zero attached hydrogens (tertiary/aromatic N) is 1. The first kappa shape index (κ1) is 19.2. The van der Waals surface area contributed by atoms with Gasteiger partial charge in [0, 0.05) is 23.0 Å². The molecule has 2 N–H and O–H groups in total. The number of fused-ring (bicyclic) bond motifs is 4. The van der Waals surface area contributed by atoms with E-state index in [1.807, 2.05) is 0 Å². The van der Waals surface area contributed by atoms with Gasteiger partial charge in [0.25, 0.3) is 10.1 Å². The van der Waals surface area contributed by atoms with E-state index in [9.17, 15) is 36.4 Å². The van der Waals surface area contributed by atoms with E-state index in [2.05, 4.69) is 0 Å². The van der Waals surface area contributed by atoms with Gasteiger partial charge in [-0.15, -0.1) is 0 Å². The maximum atomic E-state index is 14.6. The van der Waals surface area contributed by atoms with Crippen LogP contribution in [-0.2, 0) is 10.1 Å². The van der Waals surface area contributed by atoms with Gasteiger partial charge in [-0.1, -0.05) is 24.3 Å². The third-order valence-electron chi connectivity index (χ3n) is 5.04. The molecule has 0 radical (unpaired) electrons. The first-order valence-corrected chi connectivity index (χ1v) is 10.1. The predicted molar refractivity (Wildman–Crippen MR) is 104 cm³/mol. The lowest BCUT2D eigenvalue weighted by Gasteiger charge is -2.26. The summed E-state index contributed by atoms with van der Waals surface area (Å²) < 4.78 is 68.8. The highest BCUT2D eigenvalue weighted by Gasteiger charge is 2.31. The molecule has 0 atom stereocenters. The Morgan fingerprint density at radius 2 is 1.74 bits per heavy atom. The van der Waals surface area contributed by atoms with Crippen molar-refractivity contribution in [2.24, 2.45) is 0 Å². The molecule has 156 valence electrons. The molecule has 3 aromatic carbocycles. The maximum absolute atomic E-state index is 14.6. The zero-order valence-corrected chi connectivity index (χ0v) is 15.9. The minimum Gasteiger partial charge on any atom is -0.477 e. The summed E-state index contributed by atoms with van der Waals surface area (Å²) in [6.07, 6.45) is 0.939. The largest absolute Gasteiger partial charge is 0.477 e. The van der Waals surface area contributed by atoms with Crippen LogP contribution in [-0.4, -0.2) is 28.6 Å². The summed E-state index contributed by atoms with van der Waals surface area (Å²) >= 11 is 0. The number of aromatic carboxylic acids is 1. The first-order valence-electron chi connectivity index (χ1n) is 8.61. The van der Waals surface area contributed by atoms with Crippen molar-refractivity contribution < 1.29 is 36.4 Å². The van der Waals surface area contributed by atoms with E-state index >= 15 is 0 Å². The third-order valence-corrected chi connectivity index (χ3v) is 5.94. The molecule has 4 aromatic rings. The zero-order valence-electron chi connectivity index (χ0n) is 15.1. The molecular formula is C20H9F2NO7S. The second-order valence-corrected chi connectivity index (χ2v) is 8.18. The molecule has 31 heavy (non-hydrogen) atoms. The molecule has 0 spiro atoms. The van der Waals surface area contributed by atoms with E-state index in [1.54, 1.807) is 6.07 Å². The monoisotopic (exact) mass is 445 g/mol. The molecule has 1 aliphatic rings. The van der Waals surface area contributed by atoms with Crippen LogP contribution in [0.1, 0.15) is 10.4 Å². The number of halogens is 2. The van der Waals surface area contributed by atoms with Crippen molar-refractivity contribution in [3.63, 3.8) is 0 Å². The summed E-state index contributed by atoms with van der Waals surface area (Å²) in [4.78, 5) is 23.7. The number of rotatable bonds is 2. The van der Waals surface area contributed by atoms with Crippen LogP contribution in [0.4, 0.5) is 8.78 Å². The highest BCUT2D eigenvalue weighted by atomic mass is 32.2. The topological polar surface area (TPSA) is 123 Å². The molecular weight excluding hydrogens is 436 g/mol. The van der Waals surface area contributed by atoms with Gasteiger partial charge < -0.3 is 14.4 Å². The predicted octanol–water partition coefficient (Wildman–Crippen LogP) is 3.47. The van der Waals surface area contributed by atoms with Gasteiger partial charge in [0.2, 0.25) is 11.2 Å². The lowest BCUT2D eigenvalue weighted by Crippen LogP contribution is -2.21. The first-order chi connectivity index (χ1) is 14.6. The molecule has 0 aliphatic carbocycles. The molecule has 8 nitrogen and oxygen atoms in total. The molecule has 5 rings (SSSR count). The summed E-state index contributed by atoms with van der Waals surface area (Å²) in [6.45, 7) is 0. The van der Waals surface area contributed by atoms with Crippen LogP contribution in [0.25, 0.3) is 27.4 Å². The van der Waals surface area contributed by atoms with Crippen molar-refractivity contribution in [1.29, 1.82) is 0 Å². The van der Waals surface area contributed by atoms with Crippen LogP contribution >= 0.6 is 0 Å². The Labute approximate surface area is 171 Å². The molecule has 0 amide bonds. The summed E-state index contributed by atoms with van der Waals surface area (Å²) in [7, 11) is -4.74. The smallest absolute Gasteiger partial charge is 0.341 e. The third kappa shape index (κ3) is 2.57. The van der Waals surface area contributed by atoms with Gasteiger partial charge in [-0.3, -0.25) is 9.35 Å². The molecule has 0 bridgehead atoms. The fourth-order valence-electron chi connectivity index (χ4n) is 3.78. The number of hydrogen-bond acceptors (Lipinski definition) is 5. The van der Waals surface area contributed by atoms with Crippen LogP contribution in [0.3, 0.4) is 0 Å². The van der Waals surface area contributed by atoms with Crippen molar-refractivity contribution >= 4 is 37.8 Å². The maximum Gasteiger partial charge on any atom is 0.341 e. The average molecular weight is 445 g/mol. The number of carboxylic acid groups (broad SMARTS) is 1. The number of ether oxygens (including phenoxy) is 1. The number of benzene rings is 3. The lowest BCUT2D eigenvalue weighted by atomic mass is 10.0. The van der Waals surface area contributed by atoms with E-state index in [0.717, 1.165) is 16.8 Å². The molecule has 11 heteroatoms. The molecule has 0 saturated carbocycles. The van der Waals surface area contributed by atoms with Crippen LogP contribution in [0.2, 0.25) is 0 Å².